The molecule has 19 heavy (non-hydrogen) atoms. The summed E-state index contributed by atoms with van der Waals surface area (Å²) in [7, 11) is 1.56. The maximum Gasteiger partial charge on any atom is 0.223 e. The largest absolute Gasteiger partial charge is 0.490 e. The van der Waals surface area contributed by atoms with Crippen molar-refractivity contribution in [3.63, 3.8) is 0 Å². The van der Waals surface area contributed by atoms with E-state index in [4.69, 9.17) is 4.74 Å². The van der Waals surface area contributed by atoms with Crippen molar-refractivity contribution in [3.8, 4) is 5.75 Å². The molecule has 0 radical (unpaired) electrons. The minimum atomic E-state index is -0.396. The quantitative estimate of drug-likeness (QED) is 0.707. The van der Waals surface area contributed by atoms with Gasteiger partial charge in [0.1, 0.15) is 0 Å². The van der Waals surface area contributed by atoms with E-state index in [1.165, 1.54) is 6.07 Å². The summed E-state index contributed by atoms with van der Waals surface area (Å²) in [6.45, 7) is 3.80. The number of benzene rings is 1. The molecule has 106 valence electrons. The minimum Gasteiger partial charge on any atom is -0.490 e. The Hall–Kier alpha value is -1.62. The predicted molar refractivity (Wildman–Crippen MR) is 72.6 cm³/mol. The number of hydrogen-bond donors (Lipinski definition) is 2. The summed E-state index contributed by atoms with van der Waals surface area (Å²) in [6, 6.07) is 4.88. The predicted octanol–water partition coefficient (Wildman–Crippen LogP) is 1.84. The molecule has 0 aliphatic carbocycles. The minimum absolute atomic E-state index is 0.124. The Labute approximate surface area is 113 Å². The second-order valence-electron chi connectivity index (χ2n) is 4.21. The molecule has 0 heterocycles. The molecule has 0 saturated carbocycles. The Morgan fingerprint density at radius 1 is 1.42 bits per heavy atom. The molecule has 0 aliphatic heterocycles. The van der Waals surface area contributed by atoms with Crippen LogP contribution in [0.2, 0.25) is 0 Å². The van der Waals surface area contributed by atoms with Crippen LogP contribution < -0.4 is 15.4 Å². The molecule has 4 nitrogen and oxygen atoms in total. The highest BCUT2D eigenvalue weighted by Crippen LogP contribution is 2.18. The first-order chi connectivity index (χ1) is 9.17. The monoisotopic (exact) mass is 268 g/mol. The van der Waals surface area contributed by atoms with E-state index in [0.29, 0.717) is 6.54 Å². The zero-order chi connectivity index (χ0) is 14.1. The van der Waals surface area contributed by atoms with E-state index < -0.39 is 5.82 Å². The molecule has 0 aliphatic rings. The van der Waals surface area contributed by atoms with Crippen LogP contribution in [0.25, 0.3) is 0 Å². The topological polar surface area (TPSA) is 50.4 Å². The first kappa shape index (κ1) is 15.4. The van der Waals surface area contributed by atoms with Crippen LogP contribution in [0.3, 0.4) is 0 Å². The third-order valence-electron chi connectivity index (χ3n) is 2.62. The van der Waals surface area contributed by atoms with E-state index in [0.717, 1.165) is 18.5 Å². The maximum atomic E-state index is 13.7. The first-order valence-corrected chi connectivity index (χ1v) is 6.50. The number of carbonyl (C=O) groups is 1. The van der Waals surface area contributed by atoms with Gasteiger partial charge in [-0.2, -0.15) is 0 Å². The van der Waals surface area contributed by atoms with E-state index in [-0.39, 0.29) is 24.7 Å². The molecule has 5 heteroatoms. The molecule has 0 fully saturated rings. The summed E-state index contributed by atoms with van der Waals surface area (Å²) in [5, 5.41) is 5.69. The Morgan fingerprint density at radius 3 is 2.84 bits per heavy atom. The molecule has 1 aromatic rings. The molecular formula is C14H21FN2O2. The van der Waals surface area contributed by atoms with Crippen LogP contribution in [0, 0.1) is 5.82 Å². The second kappa shape index (κ2) is 8.48. The van der Waals surface area contributed by atoms with Crippen molar-refractivity contribution in [2.45, 2.75) is 26.3 Å². The summed E-state index contributed by atoms with van der Waals surface area (Å²) in [5.41, 5.74) is 0.879. The van der Waals surface area contributed by atoms with Crippen molar-refractivity contribution < 1.29 is 13.9 Å². The van der Waals surface area contributed by atoms with Gasteiger partial charge in [0.25, 0.3) is 0 Å². The van der Waals surface area contributed by atoms with Crippen LogP contribution in [0.5, 0.6) is 5.75 Å². The van der Waals surface area contributed by atoms with E-state index in [1.54, 1.807) is 13.1 Å². The van der Waals surface area contributed by atoms with Crippen LogP contribution in [0.15, 0.2) is 18.2 Å². The van der Waals surface area contributed by atoms with Gasteiger partial charge in [-0.1, -0.05) is 13.0 Å². The van der Waals surface area contributed by atoms with Gasteiger partial charge in [-0.05, 0) is 30.7 Å². The molecule has 2 N–H and O–H groups in total. The fourth-order valence-corrected chi connectivity index (χ4v) is 1.56. The van der Waals surface area contributed by atoms with Crippen molar-refractivity contribution >= 4 is 5.91 Å². The second-order valence-corrected chi connectivity index (χ2v) is 4.21. The molecule has 0 atom stereocenters. The number of amides is 1. The molecule has 0 aromatic heterocycles. The lowest BCUT2D eigenvalue weighted by molar-refractivity contribution is -0.121. The fourth-order valence-electron chi connectivity index (χ4n) is 1.56. The smallest absolute Gasteiger partial charge is 0.223 e. The van der Waals surface area contributed by atoms with Crippen LogP contribution in [0.4, 0.5) is 4.39 Å². The number of halogens is 1. The van der Waals surface area contributed by atoms with Crippen LogP contribution in [-0.4, -0.2) is 26.1 Å². The Balaban J connectivity index is 2.45. The van der Waals surface area contributed by atoms with Crippen molar-refractivity contribution in [1.29, 1.82) is 0 Å². The molecule has 1 rings (SSSR count). The van der Waals surface area contributed by atoms with Crippen LogP contribution in [-0.2, 0) is 11.3 Å². The van der Waals surface area contributed by atoms with Crippen molar-refractivity contribution in [1.82, 2.24) is 10.6 Å². The third-order valence-corrected chi connectivity index (χ3v) is 2.62. The number of carbonyl (C=O) groups excluding carboxylic acids is 1. The molecule has 0 saturated heterocycles. The van der Waals surface area contributed by atoms with Crippen LogP contribution in [0.1, 0.15) is 25.3 Å². The van der Waals surface area contributed by atoms with E-state index in [1.807, 2.05) is 6.07 Å². The Kier molecular flexibility index (Phi) is 6.89. The van der Waals surface area contributed by atoms with Gasteiger partial charge in [-0.25, -0.2) is 4.39 Å². The van der Waals surface area contributed by atoms with Gasteiger partial charge in [-0.3, -0.25) is 4.79 Å². The summed E-state index contributed by atoms with van der Waals surface area (Å²) in [6.07, 6.45) is 1.26. The van der Waals surface area contributed by atoms with Gasteiger partial charge >= 0.3 is 0 Å². The maximum absolute atomic E-state index is 13.7. The van der Waals surface area contributed by atoms with E-state index >= 15 is 0 Å². The van der Waals surface area contributed by atoms with E-state index in [9.17, 15) is 9.18 Å². The van der Waals surface area contributed by atoms with E-state index in [2.05, 4.69) is 17.6 Å². The van der Waals surface area contributed by atoms with Crippen molar-refractivity contribution in [2.24, 2.45) is 0 Å². The highest BCUT2D eigenvalue weighted by atomic mass is 19.1. The molecule has 0 spiro atoms. The lowest BCUT2D eigenvalue weighted by Crippen LogP contribution is -2.20. The van der Waals surface area contributed by atoms with Crippen molar-refractivity contribution in [2.75, 3.05) is 20.2 Å². The Morgan fingerprint density at radius 2 is 2.21 bits per heavy atom. The summed E-state index contributed by atoms with van der Waals surface area (Å²) < 4.78 is 18.9. The zero-order valence-electron chi connectivity index (χ0n) is 11.5. The van der Waals surface area contributed by atoms with Gasteiger partial charge in [0.2, 0.25) is 5.91 Å². The average Bonchev–Trinajstić information content (AvgIpc) is 2.41. The molecule has 0 unspecified atom stereocenters. The summed E-state index contributed by atoms with van der Waals surface area (Å²) in [4.78, 5) is 11.0. The Bertz CT molecular complexity index is 410. The van der Waals surface area contributed by atoms with Gasteiger partial charge in [-0.15, -0.1) is 0 Å². The van der Waals surface area contributed by atoms with Gasteiger partial charge < -0.3 is 15.4 Å². The fraction of sp³-hybridized carbons (Fsp3) is 0.500. The standard InChI is InChI=1S/C14H21FN2O2/c1-3-7-17-10-11-4-5-13(12(15)9-11)19-8-6-14(18)16-2/h4-5,9,17H,3,6-8,10H2,1-2H3,(H,16,18). The highest BCUT2D eigenvalue weighted by molar-refractivity contribution is 5.75. The lowest BCUT2D eigenvalue weighted by atomic mass is 10.2. The number of nitrogens with one attached hydrogen (secondary N) is 2. The van der Waals surface area contributed by atoms with Crippen LogP contribution >= 0.6 is 0 Å². The SMILES string of the molecule is CCCNCc1ccc(OCCC(=O)NC)c(F)c1. The third kappa shape index (κ3) is 5.70. The number of rotatable bonds is 8. The van der Waals surface area contributed by atoms with Crippen molar-refractivity contribution in [3.05, 3.63) is 29.6 Å². The normalized spacial score (nSPS) is 10.3. The summed E-state index contributed by atoms with van der Waals surface area (Å²) >= 11 is 0. The average molecular weight is 268 g/mol. The molecule has 1 aromatic carbocycles. The highest BCUT2D eigenvalue weighted by Gasteiger charge is 2.06. The number of hydrogen-bond acceptors (Lipinski definition) is 3. The summed E-state index contributed by atoms with van der Waals surface area (Å²) in [5.74, 6) is -0.336. The van der Waals surface area contributed by atoms with Gasteiger partial charge in [0, 0.05) is 13.6 Å². The number of ether oxygens (including phenoxy) is 1. The first-order valence-electron chi connectivity index (χ1n) is 6.50. The van der Waals surface area contributed by atoms with Gasteiger partial charge in [0.15, 0.2) is 11.6 Å². The zero-order valence-corrected chi connectivity index (χ0v) is 11.5. The lowest BCUT2D eigenvalue weighted by Gasteiger charge is -2.09. The molecule has 1 amide bonds. The molecule has 0 bridgehead atoms. The van der Waals surface area contributed by atoms with Gasteiger partial charge in [0.05, 0.1) is 13.0 Å². The molecular weight excluding hydrogens is 247 g/mol.